The molecular weight excluding hydrogens is 486 g/mol. The smallest absolute Gasteiger partial charge is 0.290 e. The largest absolute Gasteiger partial charge is 0.366 e. The van der Waals surface area contributed by atoms with E-state index in [0.717, 1.165) is 44.7 Å². The lowest BCUT2D eigenvalue weighted by molar-refractivity contribution is 0.180. The predicted molar refractivity (Wildman–Crippen MR) is 121 cm³/mol. The van der Waals surface area contributed by atoms with Crippen molar-refractivity contribution in [3.63, 3.8) is 0 Å². The number of nitrogens with zero attached hydrogens (tertiary/aromatic N) is 6. The van der Waals surface area contributed by atoms with Gasteiger partial charge in [0.2, 0.25) is 0 Å². The number of nitriles is 1. The van der Waals surface area contributed by atoms with E-state index in [1.807, 2.05) is 12.3 Å². The molecule has 2 aromatic heterocycles. The lowest BCUT2D eigenvalue weighted by Crippen LogP contribution is -2.48. The highest BCUT2D eigenvalue weighted by atomic mass is 127. The van der Waals surface area contributed by atoms with Crippen LogP contribution in [0.4, 0.5) is 5.69 Å². The monoisotopic (exact) mass is 510 g/mol. The van der Waals surface area contributed by atoms with E-state index < -0.39 is 0 Å². The number of pyridine rings is 1. The predicted octanol–water partition coefficient (Wildman–Crippen LogP) is 3.14. The molecule has 2 aromatic rings. The second-order valence-corrected chi connectivity index (χ2v) is 8.70. The van der Waals surface area contributed by atoms with Crippen molar-refractivity contribution >= 4 is 34.1 Å². The Bertz CT molecular complexity index is 919. The van der Waals surface area contributed by atoms with Crippen LogP contribution in [-0.2, 0) is 6.42 Å². The second kappa shape index (κ2) is 9.77. The van der Waals surface area contributed by atoms with Crippen molar-refractivity contribution in [3.8, 4) is 6.07 Å². The fraction of sp³-hybridized carbons (Fsp3) is 0.474. The van der Waals surface area contributed by atoms with E-state index >= 15 is 0 Å². The summed E-state index contributed by atoms with van der Waals surface area (Å²) in [5, 5.41) is 13.7. The molecule has 148 valence electrons. The molecular formula is C19H24IN6OP. The molecule has 3 rings (SSSR count). The number of hydrogen-bond donors (Lipinski definition) is 0. The van der Waals surface area contributed by atoms with Gasteiger partial charge in [0, 0.05) is 44.1 Å². The summed E-state index contributed by atoms with van der Waals surface area (Å²) in [4.78, 5) is 21.6. The normalized spacial score (nSPS) is 16.4. The molecule has 1 fully saturated rings. The second-order valence-electron chi connectivity index (χ2n) is 6.66. The van der Waals surface area contributed by atoms with Crippen LogP contribution < -0.4 is 10.5 Å². The van der Waals surface area contributed by atoms with E-state index in [1.165, 1.54) is 10.0 Å². The van der Waals surface area contributed by atoms with Crippen molar-refractivity contribution in [1.82, 2.24) is 19.4 Å². The van der Waals surface area contributed by atoms with Gasteiger partial charge in [0.05, 0.1) is 18.3 Å². The Morgan fingerprint density at radius 2 is 2.07 bits per heavy atom. The van der Waals surface area contributed by atoms with Crippen molar-refractivity contribution in [1.29, 1.82) is 5.26 Å². The Morgan fingerprint density at radius 1 is 1.32 bits per heavy atom. The molecule has 0 saturated carbocycles. The zero-order valence-corrected chi connectivity index (χ0v) is 19.3. The topological polar surface area (TPSA) is 78.1 Å². The highest BCUT2D eigenvalue weighted by molar-refractivity contribution is 14.2. The first-order valence-electron chi connectivity index (χ1n) is 9.46. The molecule has 0 N–H and O–H groups in total. The van der Waals surface area contributed by atoms with Crippen LogP contribution in [0.25, 0.3) is 0 Å². The van der Waals surface area contributed by atoms with Crippen LogP contribution in [0, 0.1) is 11.3 Å². The highest BCUT2D eigenvalue weighted by Crippen LogP contribution is 2.29. The number of piperazine rings is 1. The molecule has 0 bridgehead atoms. The van der Waals surface area contributed by atoms with Gasteiger partial charge in [0.1, 0.15) is 11.6 Å². The van der Waals surface area contributed by atoms with Crippen molar-refractivity contribution in [3.05, 3.63) is 51.7 Å². The number of anilines is 1. The van der Waals surface area contributed by atoms with Crippen LogP contribution in [0.2, 0.25) is 0 Å². The summed E-state index contributed by atoms with van der Waals surface area (Å²) in [7, 11) is 0. The molecule has 9 heteroatoms. The Labute approximate surface area is 180 Å². The van der Waals surface area contributed by atoms with Gasteiger partial charge < -0.3 is 4.90 Å². The fourth-order valence-electron chi connectivity index (χ4n) is 3.85. The minimum atomic E-state index is -0.301. The maximum Gasteiger partial charge on any atom is 0.290 e. The molecule has 0 amide bonds. The van der Waals surface area contributed by atoms with Crippen LogP contribution in [0.15, 0.2) is 29.3 Å². The van der Waals surface area contributed by atoms with E-state index in [9.17, 15) is 10.1 Å². The molecule has 0 spiro atoms. The summed E-state index contributed by atoms with van der Waals surface area (Å²) in [6.07, 6.45) is 5.66. The van der Waals surface area contributed by atoms with E-state index in [2.05, 4.69) is 67.9 Å². The van der Waals surface area contributed by atoms with Crippen LogP contribution in [0.3, 0.4) is 0 Å². The van der Waals surface area contributed by atoms with E-state index in [4.69, 9.17) is 0 Å². The number of hydrogen-bond acceptors (Lipinski definition) is 6. The summed E-state index contributed by atoms with van der Waals surface area (Å²) >= 11 is 2.10. The minimum Gasteiger partial charge on any atom is -0.366 e. The molecule has 28 heavy (non-hydrogen) atoms. The zero-order chi connectivity index (χ0) is 20.1. The van der Waals surface area contributed by atoms with Crippen molar-refractivity contribution in [2.24, 2.45) is 0 Å². The van der Waals surface area contributed by atoms with Gasteiger partial charge in [0.15, 0.2) is 0 Å². The van der Waals surface area contributed by atoms with Crippen LogP contribution >= 0.6 is 28.4 Å². The van der Waals surface area contributed by atoms with E-state index in [-0.39, 0.29) is 17.5 Å². The maximum atomic E-state index is 12.4. The average molecular weight is 510 g/mol. The van der Waals surface area contributed by atoms with Gasteiger partial charge in [-0.2, -0.15) is 10.4 Å². The maximum absolute atomic E-state index is 12.4. The van der Waals surface area contributed by atoms with Crippen molar-refractivity contribution < 1.29 is 0 Å². The molecule has 1 aliphatic rings. The summed E-state index contributed by atoms with van der Waals surface area (Å²) in [5.74, 6) is 0. The van der Waals surface area contributed by atoms with Gasteiger partial charge in [-0.1, -0.05) is 19.9 Å². The van der Waals surface area contributed by atoms with Gasteiger partial charge in [-0.15, -0.1) is 0 Å². The van der Waals surface area contributed by atoms with Gasteiger partial charge >= 0.3 is 0 Å². The Balaban J connectivity index is 1.78. The number of halogens is 1. The van der Waals surface area contributed by atoms with Crippen LogP contribution in [0.1, 0.15) is 43.1 Å². The molecule has 1 saturated heterocycles. The summed E-state index contributed by atoms with van der Waals surface area (Å²) in [6, 6.07) is 6.63. The molecule has 2 unspecified atom stereocenters. The van der Waals surface area contributed by atoms with Gasteiger partial charge in [-0.05, 0) is 46.5 Å². The van der Waals surface area contributed by atoms with Crippen LogP contribution in [-0.4, -0.2) is 45.6 Å². The number of aryl methyl sites for hydroxylation is 1. The van der Waals surface area contributed by atoms with E-state index in [0.29, 0.717) is 11.7 Å². The van der Waals surface area contributed by atoms with Crippen molar-refractivity contribution in [2.45, 2.75) is 32.7 Å². The number of aromatic nitrogens is 3. The quantitative estimate of drug-likeness (QED) is 0.439. The molecule has 7 nitrogen and oxygen atoms in total. The van der Waals surface area contributed by atoms with Gasteiger partial charge in [-0.3, -0.25) is 14.7 Å². The molecule has 0 radical (unpaired) electrons. The van der Waals surface area contributed by atoms with E-state index in [1.54, 1.807) is 6.20 Å². The Kier molecular flexibility index (Phi) is 7.38. The Morgan fingerprint density at radius 3 is 2.68 bits per heavy atom. The highest BCUT2D eigenvalue weighted by Gasteiger charge is 2.27. The molecule has 0 aromatic carbocycles. The third-order valence-corrected chi connectivity index (χ3v) is 7.10. The standard InChI is InChI=1S/C19H24IN6OP/c1-3-16-14(6-5-7-22-16)17(4-2)24-8-10-25(11-9-24)18-13-23-26(28-20)19(27)15(18)12-21/h5-7,13,17,28H,3-4,8-11H2,1-2H3. The fourth-order valence-corrected chi connectivity index (χ4v) is 5.17. The third kappa shape index (κ3) is 4.22. The Hall–Kier alpha value is -1.56. The third-order valence-electron chi connectivity index (χ3n) is 5.25. The minimum absolute atomic E-state index is 0.188. The van der Waals surface area contributed by atoms with Crippen molar-refractivity contribution in [2.75, 3.05) is 31.1 Å². The molecule has 1 aliphatic heterocycles. The first-order chi connectivity index (χ1) is 13.6. The zero-order valence-electron chi connectivity index (χ0n) is 16.1. The van der Waals surface area contributed by atoms with Crippen LogP contribution in [0.5, 0.6) is 0 Å². The summed E-state index contributed by atoms with van der Waals surface area (Å²) in [6.45, 7) is 7.64. The molecule has 2 atom stereocenters. The summed E-state index contributed by atoms with van der Waals surface area (Å²) in [5.41, 5.74) is 3.02. The lowest BCUT2D eigenvalue weighted by Gasteiger charge is -2.40. The van der Waals surface area contributed by atoms with Gasteiger partial charge in [-0.25, -0.2) is 4.45 Å². The lowest BCUT2D eigenvalue weighted by atomic mass is 9.99. The number of rotatable bonds is 6. The SMILES string of the molecule is CCc1ncccc1C(CC)N1CCN(c2cnn(PI)c(=O)c2C#N)CC1. The first-order valence-corrected chi connectivity index (χ1v) is 13.5. The molecule has 0 aliphatic carbocycles. The van der Waals surface area contributed by atoms with Gasteiger partial charge in [0.25, 0.3) is 5.56 Å². The molecule has 3 heterocycles. The average Bonchev–Trinajstić information content (AvgIpc) is 2.75. The first kappa shape index (κ1) is 21.2. The summed E-state index contributed by atoms with van der Waals surface area (Å²) < 4.78 is 1.35.